The third kappa shape index (κ3) is 4.88. The molecule has 4 aromatic rings. The number of aryl methyl sites for hydroxylation is 2. The van der Waals surface area contributed by atoms with Crippen molar-refractivity contribution in [2.75, 3.05) is 19.0 Å². The van der Waals surface area contributed by atoms with Gasteiger partial charge in [-0.15, -0.1) is 0 Å². The summed E-state index contributed by atoms with van der Waals surface area (Å²) in [6.45, 7) is 9.38. The molecule has 0 fully saturated rings. The highest BCUT2D eigenvalue weighted by molar-refractivity contribution is 5.88. The van der Waals surface area contributed by atoms with Crippen molar-refractivity contribution in [3.63, 3.8) is 0 Å². The van der Waals surface area contributed by atoms with Gasteiger partial charge in [-0.25, -0.2) is 15.0 Å². The van der Waals surface area contributed by atoms with Crippen LogP contribution in [0.5, 0.6) is 5.75 Å². The summed E-state index contributed by atoms with van der Waals surface area (Å²) in [6.07, 6.45) is 4.37. The Balaban J connectivity index is 1.66. The number of nitrogens with one attached hydrogen (secondary N) is 1. The zero-order valence-corrected chi connectivity index (χ0v) is 19.6. The Kier molecular flexibility index (Phi) is 5.82. The summed E-state index contributed by atoms with van der Waals surface area (Å²) < 4.78 is 7.47. The molecule has 166 valence electrons. The van der Waals surface area contributed by atoms with E-state index < -0.39 is 0 Å². The van der Waals surface area contributed by atoms with Crippen molar-refractivity contribution in [2.45, 2.75) is 34.1 Å². The standard InChI is InChI=1S/C25H30N6O/c1-16-11-19-14-26-22(29-23(19)24(28-16)27-15-25(2,3)4)13-18-8-7-17(12-21(18)32-6)20-9-10-31(5)30-20/h7-12,14H,13,15H2,1-6H3,(H,27,28). The molecule has 4 rings (SSSR count). The lowest BCUT2D eigenvalue weighted by molar-refractivity contribution is 0.410. The molecule has 0 spiro atoms. The van der Waals surface area contributed by atoms with E-state index in [-0.39, 0.29) is 5.41 Å². The predicted molar refractivity (Wildman–Crippen MR) is 128 cm³/mol. The van der Waals surface area contributed by atoms with E-state index in [1.165, 1.54) is 0 Å². The van der Waals surface area contributed by atoms with Crippen molar-refractivity contribution in [1.29, 1.82) is 0 Å². The van der Waals surface area contributed by atoms with Gasteiger partial charge < -0.3 is 10.1 Å². The first-order chi connectivity index (χ1) is 15.2. The lowest BCUT2D eigenvalue weighted by Gasteiger charge is -2.20. The minimum atomic E-state index is 0.135. The first-order valence-electron chi connectivity index (χ1n) is 10.8. The molecule has 0 radical (unpaired) electrons. The van der Waals surface area contributed by atoms with Crippen LogP contribution in [-0.2, 0) is 13.5 Å². The molecule has 0 aliphatic carbocycles. The van der Waals surface area contributed by atoms with Crippen LogP contribution < -0.4 is 10.1 Å². The molecule has 0 saturated heterocycles. The van der Waals surface area contributed by atoms with Crippen LogP contribution in [0.2, 0.25) is 0 Å². The Labute approximate surface area is 188 Å². The van der Waals surface area contributed by atoms with Gasteiger partial charge in [-0.1, -0.05) is 32.9 Å². The minimum Gasteiger partial charge on any atom is -0.496 e. The Bertz CT molecular complexity index is 1260. The quantitative estimate of drug-likeness (QED) is 0.474. The highest BCUT2D eigenvalue weighted by atomic mass is 16.5. The van der Waals surface area contributed by atoms with Crippen molar-refractivity contribution >= 4 is 16.7 Å². The Morgan fingerprint density at radius 2 is 1.91 bits per heavy atom. The first kappa shape index (κ1) is 21.7. The normalized spacial score (nSPS) is 11.7. The lowest BCUT2D eigenvalue weighted by Crippen LogP contribution is -2.20. The van der Waals surface area contributed by atoms with E-state index in [0.29, 0.717) is 6.42 Å². The molecular formula is C25H30N6O. The molecule has 0 aliphatic rings. The van der Waals surface area contributed by atoms with E-state index in [4.69, 9.17) is 14.7 Å². The zero-order valence-electron chi connectivity index (χ0n) is 19.6. The molecule has 1 aromatic carbocycles. The molecule has 0 bridgehead atoms. The molecule has 0 amide bonds. The molecule has 0 unspecified atom stereocenters. The molecule has 3 aromatic heterocycles. The largest absolute Gasteiger partial charge is 0.496 e. The first-order valence-corrected chi connectivity index (χ1v) is 10.8. The lowest BCUT2D eigenvalue weighted by atomic mass is 9.97. The molecule has 0 saturated carbocycles. The highest BCUT2D eigenvalue weighted by Crippen LogP contribution is 2.28. The van der Waals surface area contributed by atoms with Gasteiger partial charge in [0.25, 0.3) is 0 Å². The van der Waals surface area contributed by atoms with E-state index in [1.807, 2.05) is 44.6 Å². The van der Waals surface area contributed by atoms with Crippen LogP contribution in [0.25, 0.3) is 22.2 Å². The maximum atomic E-state index is 5.67. The third-order valence-corrected chi connectivity index (χ3v) is 5.17. The molecule has 7 heteroatoms. The van der Waals surface area contributed by atoms with Gasteiger partial charge in [0.1, 0.15) is 17.1 Å². The fourth-order valence-corrected chi connectivity index (χ4v) is 3.56. The van der Waals surface area contributed by atoms with Crippen molar-refractivity contribution in [1.82, 2.24) is 24.7 Å². The van der Waals surface area contributed by atoms with E-state index in [1.54, 1.807) is 11.8 Å². The summed E-state index contributed by atoms with van der Waals surface area (Å²) in [5.74, 6) is 2.33. The van der Waals surface area contributed by atoms with Crippen LogP contribution in [0.3, 0.4) is 0 Å². The van der Waals surface area contributed by atoms with E-state index in [2.05, 4.69) is 48.3 Å². The second kappa shape index (κ2) is 8.57. The molecular weight excluding hydrogens is 400 g/mol. The number of hydrogen-bond donors (Lipinski definition) is 1. The second-order valence-corrected chi connectivity index (χ2v) is 9.33. The van der Waals surface area contributed by atoms with Gasteiger partial charge in [0, 0.05) is 54.6 Å². The van der Waals surface area contributed by atoms with Crippen LogP contribution in [0.1, 0.15) is 37.9 Å². The molecule has 0 aliphatic heterocycles. The monoisotopic (exact) mass is 430 g/mol. The van der Waals surface area contributed by atoms with Gasteiger partial charge in [0.2, 0.25) is 0 Å². The van der Waals surface area contributed by atoms with Crippen LogP contribution in [0.15, 0.2) is 42.7 Å². The summed E-state index contributed by atoms with van der Waals surface area (Å²) in [6, 6.07) is 10.1. The molecule has 3 heterocycles. The highest BCUT2D eigenvalue weighted by Gasteiger charge is 2.15. The Morgan fingerprint density at radius 1 is 1.09 bits per heavy atom. The maximum absolute atomic E-state index is 5.67. The number of pyridine rings is 1. The van der Waals surface area contributed by atoms with E-state index in [9.17, 15) is 0 Å². The molecule has 1 N–H and O–H groups in total. The van der Waals surface area contributed by atoms with Gasteiger partial charge in [0.15, 0.2) is 5.82 Å². The summed E-state index contributed by atoms with van der Waals surface area (Å²) in [4.78, 5) is 14.2. The Hall–Kier alpha value is -3.48. The van der Waals surface area contributed by atoms with Crippen molar-refractivity contribution < 1.29 is 4.74 Å². The van der Waals surface area contributed by atoms with Crippen molar-refractivity contribution in [2.24, 2.45) is 12.5 Å². The van der Waals surface area contributed by atoms with Crippen LogP contribution in [-0.4, -0.2) is 38.4 Å². The zero-order chi connectivity index (χ0) is 22.9. The van der Waals surface area contributed by atoms with Gasteiger partial charge in [-0.05, 0) is 30.5 Å². The Morgan fingerprint density at radius 3 is 2.59 bits per heavy atom. The predicted octanol–water partition coefficient (Wildman–Crippen LogP) is 4.79. The number of rotatable bonds is 6. The van der Waals surface area contributed by atoms with Crippen LogP contribution in [0.4, 0.5) is 5.82 Å². The number of aromatic nitrogens is 5. The number of hydrogen-bond acceptors (Lipinski definition) is 6. The summed E-state index contributed by atoms with van der Waals surface area (Å²) >= 11 is 0. The topological polar surface area (TPSA) is 77.8 Å². The number of fused-ring (bicyclic) bond motifs is 1. The van der Waals surface area contributed by atoms with Gasteiger partial charge >= 0.3 is 0 Å². The third-order valence-electron chi connectivity index (χ3n) is 5.17. The van der Waals surface area contributed by atoms with Gasteiger partial charge in [0.05, 0.1) is 12.8 Å². The summed E-state index contributed by atoms with van der Waals surface area (Å²) in [5.41, 5.74) is 4.87. The number of nitrogens with zero attached hydrogens (tertiary/aromatic N) is 5. The van der Waals surface area contributed by atoms with E-state index in [0.717, 1.165) is 57.4 Å². The molecule has 7 nitrogen and oxygen atoms in total. The van der Waals surface area contributed by atoms with Crippen molar-refractivity contribution in [3.8, 4) is 17.0 Å². The van der Waals surface area contributed by atoms with Gasteiger partial charge in [-0.3, -0.25) is 4.68 Å². The number of benzene rings is 1. The maximum Gasteiger partial charge on any atom is 0.152 e. The SMILES string of the molecule is COc1cc(-c2ccn(C)n2)ccc1Cc1ncc2cc(C)nc(NCC(C)(C)C)c2n1. The fraction of sp³-hybridized carbons (Fsp3) is 0.360. The fourth-order valence-electron chi connectivity index (χ4n) is 3.56. The van der Waals surface area contributed by atoms with Crippen LogP contribution in [0, 0.1) is 12.3 Å². The molecule has 0 atom stereocenters. The minimum absolute atomic E-state index is 0.135. The van der Waals surface area contributed by atoms with Crippen molar-refractivity contribution in [3.05, 3.63) is 59.8 Å². The smallest absolute Gasteiger partial charge is 0.152 e. The van der Waals surface area contributed by atoms with Crippen LogP contribution >= 0.6 is 0 Å². The van der Waals surface area contributed by atoms with Gasteiger partial charge in [-0.2, -0.15) is 5.10 Å². The molecule has 32 heavy (non-hydrogen) atoms. The summed E-state index contributed by atoms with van der Waals surface area (Å²) in [7, 11) is 3.59. The average molecular weight is 431 g/mol. The second-order valence-electron chi connectivity index (χ2n) is 9.33. The number of methoxy groups -OCH3 is 1. The van der Waals surface area contributed by atoms with E-state index >= 15 is 0 Å². The number of anilines is 1. The number of ether oxygens (including phenoxy) is 1. The average Bonchev–Trinajstić information content (AvgIpc) is 3.18. The summed E-state index contributed by atoms with van der Waals surface area (Å²) in [5, 5.41) is 8.93.